The minimum absolute atomic E-state index is 0.213. The summed E-state index contributed by atoms with van der Waals surface area (Å²) in [6, 6.07) is 12.6. The lowest BCUT2D eigenvalue weighted by Gasteiger charge is -2.10. The SMILES string of the molecule is COc1ccc(Cn2nc(C)cc(Oc3ccc(Br)nc3)c2=O)cc1. The smallest absolute Gasteiger partial charge is 0.310 e. The maximum atomic E-state index is 12.6. The van der Waals surface area contributed by atoms with Gasteiger partial charge in [0.25, 0.3) is 0 Å². The molecule has 2 heterocycles. The number of pyridine rings is 1. The highest BCUT2D eigenvalue weighted by Gasteiger charge is 2.10. The van der Waals surface area contributed by atoms with Crippen molar-refractivity contribution in [1.82, 2.24) is 14.8 Å². The molecule has 0 saturated heterocycles. The number of halogens is 1. The first-order valence-electron chi connectivity index (χ1n) is 7.56. The molecule has 7 heteroatoms. The molecule has 0 unspecified atom stereocenters. The van der Waals surface area contributed by atoms with Gasteiger partial charge in [-0.3, -0.25) is 4.79 Å². The standard InChI is InChI=1S/C18H16BrN3O3/c1-12-9-16(25-15-7-8-17(19)20-10-15)18(23)22(21-12)11-13-3-5-14(24-2)6-4-13/h3-10H,11H2,1-2H3. The van der Waals surface area contributed by atoms with Gasteiger partial charge < -0.3 is 9.47 Å². The Morgan fingerprint density at radius 1 is 1.12 bits per heavy atom. The normalized spacial score (nSPS) is 10.5. The summed E-state index contributed by atoms with van der Waals surface area (Å²) in [6.07, 6.45) is 1.55. The Balaban J connectivity index is 1.88. The van der Waals surface area contributed by atoms with Gasteiger partial charge in [-0.05, 0) is 52.7 Å². The highest BCUT2D eigenvalue weighted by molar-refractivity contribution is 9.10. The van der Waals surface area contributed by atoms with Gasteiger partial charge >= 0.3 is 5.56 Å². The quantitative estimate of drug-likeness (QED) is 0.611. The number of aryl methyl sites for hydroxylation is 1. The number of hydrogen-bond donors (Lipinski definition) is 0. The Labute approximate surface area is 153 Å². The van der Waals surface area contributed by atoms with Gasteiger partial charge in [-0.25, -0.2) is 9.67 Å². The lowest BCUT2D eigenvalue weighted by atomic mass is 10.2. The second-order valence-corrected chi connectivity index (χ2v) is 6.19. The van der Waals surface area contributed by atoms with E-state index >= 15 is 0 Å². The van der Waals surface area contributed by atoms with Crippen LogP contribution in [0.4, 0.5) is 0 Å². The molecule has 3 rings (SSSR count). The van der Waals surface area contributed by atoms with Gasteiger partial charge in [0.05, 0.1) is 25.5 Å². The molecule has 128 valence electrons. The van der Waals surface area contributed by atoms with Crippen molar-refractivity contribution in [3.63, 3.8) is 0 Å². The summed E-state index contributed by atoms with van der Waals surface area (Å²) in [5.74, 6) is 1.46. The molecule has 0 aliphatic carbocycles. The third-order valence-corrected chi connectivity index (χ3v) is 3.95. The third-order valence-electron chi connectivity index (χ3n) is 3.48. The van der Waals surface area contributed by atoms with Gasteiger partial charge in [0.1, 0.15) is 16.1 Å². The minimum Gasteiger partial charge on any atom is -0.497 e. The average Bonchev–Trinajstić information content (AvgIpc) is 2.61. The second kappa shape index (κ2) is 7.48. The van der Waals surface area contributed by atoms with Crippen molar-refractivity contribution in [1.29, 1.82) is 0 Å². The molecule has 0 bridgehead atoms. The monoisotopic (exact) mass is 401 g/mol. The molecular weight excluding hydrogens is 386 g/mol. The fraction of sp³-hybridized carbons (Fsp3) is 0.167. The summed E-state index contributed by atoms with van der Waals surface area (Å²) >= 11 is 3.26. The lowest BCUT2D eigenvalue weighted by molar-refractivity contribution is 0.414. The summed E-state index contributed by atoms with van der Waals surface area (Å²) in [6.45, 7) is 2.16. The molecule has 0 radical (unpaired) electrons. The van der Waals surface area contributed by atoms with Crippen LogP contribution in [0.25, 0.3) is 0 Å². The van der Waals surface area contributed by atoms with E-state index in [-0.39, 0.29) is 11.3 Å². The molecule has 0 spiro atoms. The number of nitrogens with zero attached hydrogens (tertiary/aromatic N) is 3. The van der Waals surface area contributed by atoms with Crippen LogP contribution in [0.1, 0.15) is 11.3 Å². The summed E-state index contributed by atoms with van der Waals surface area (Å²) in [7, 11) is 1.61. The number of rotatable bonds is 5. The van der Waals surface area contributed by atoms with Gasteiger partial charge in [0, 0.05) is 6.07 Å². The summed E-state index contributed by atoms with van der Waals surface area (Å²) in [5, 5.41) is 4.30. The third kappa shape index (κ3) is 4.24. The maximum Gasteiger partial charge on any atom is 0.310 e. The molecule has 0 aliphatic rings. The van der Waals surface area contributed by atoms with Gasteiger partial charge in [0.15, 0.2) is 5.75 Å². The molecule has 0 atom stereocenters. The van der Waals surface area contributed by atoms with Crippen LogP contribution < -0.4 is 15.0 Å². The van der Waals surface area contributed by atoms with E-state index in [1.807, 2.05) is 31.2 Å². The Morgan fingerprint density at radius 3 is 2.48 bits per heavy atom. The van der Waals surface area contributed by atoms with Crippen LogP contribution in [0.5, 0.6) is 17.2 Å². The highest BCUT2D eigenvalue weighted by Crippen LogP contribution is 2.19. The zero-order valence-corrected chi connectivity index (χ0v) is 15.4. The van der Waals surface area contributed by atoms with Crippen molar-refractivity contribution in [3.05, 3.63) is 74.9 Å². The summed E-state index contributed by atoms with van der Waals surface area (Å²) in [5.41, 5.74) is 1.33. The summed E-state index contributed by atoms with van der Waals surface area (Å²) in [4.78, 5) is 16.7. The second-order valence-electron chi connectivity index (χ2n) is 5.38. The molecule has 1 aromatic carbocycles. The number of ether oxygens (including phenoxy) is 2. The Morgan fingerprint density at radius 2 is 1.84 bits per heavy atom. The van der Waals surface area contributed by atoms with Crippen LogP contribution in [-0.4, -0.2) is 21.9 Å². The van der Waals surface area contributed by atoms with Crippen molar-refractivity contribution in [2.75, 3.05) is 7.11 Å². The first kappa shape index (κ1) is 17.2. The first-order chi connectivity index (χ1) is 12.0. The topological polar surface area (TPSA) is 66.2 Å². The molecular formula is C18H16BrN3O3. The minimum atomic E-state index is -0.302. The largest absolute Gasteiger partial charge is 0.497 e. The number of hydrogen-bond acceptors (Lipinski definition) is 5. The van der Waals surface area contributed by atoms with E-state index in [4.69, 9.17) is 9.47 Å². The van der Waals surface area contributed by atoms with Crippen LogP contribution in [0.2, 0.25) is 0 Å². The van der Waals surface area contributed by atoms with E-state index < -0.39 is 0 Å². The Hall–Kier alpha value is -2.67. The van der Waals surface area contributed by atoms with E-state index in [0.29, 0.717) is 22.6 Å². The predicted molar refractivity (Wildman–Crippen MR) is 97.3 cm³/mol. The predicted octanol–water partition coefficient (Wildman–Crippen LogP) is 3.56. The molecule has 2 aromatic heterocycles. The maximum absolute atomic E-state index is 12.6. The molecule has 25 heavy (non-hydrogen) atoms. The zero-order valence-electron chi connectivity index (χ0n) is 13.8. The van der Waals surface area contributed by atoms with E-state index in [1.165, 1.54) is 4.68 Å². The van der Waals surface area contributed by atoms with E-state index in [2.05, 4.69) is 26.0 Å². The van der Waals surface area contributed by atoms with Gasteiger partial charge in [-0.1, -0.05) is 12.1 Å². The van der Waals surface area contributed by atoms with Crippen LogP contribution in [-0.2, 0) is 6.54 Å². The number of methoxy groups -OCH3 is 1. The first-order valence-corrected chi connectivity index (χ1v) is 8.35. The van der Waals surface area contributed by atoms with Crippen molar-refractivity contribution in [2.24, 2.45) is 0 Å². The van der Waals surface area contributed by atoms with Crippen molar-refractivity contribution >= 4 is 15.9 Å². The van der Waals surface area contributed by atoms with Gasteiger partial charge in [0.2, 0.25) is 0 Å². The number of aromatic nitrogens is 3. The highest BCUT2D eigenvalue weighted by atomic mass is 79.9. The Bertz CT molecular complexity index is 922. The zero-order chi connectivity index (χ0) is 17.8. The van der Waals surface area contributed by atoms with Crippen LogP contribution >= 0.6 is 15.9 Å². The average molecular weight is 402 g/mol. The van der Waals surface area contributed by atoms with E-state index in [1.54, 1.807) is 31.5 Å². The van der Waals surface area contributed by atoms with Crippen LogP contribution in [0.15, 0.2) is 58.1 Å². The number of benzene rings is 1. The summed E-state index contributed by atoms with van der Waals surface area (Å²) < 4.78 is 12.9. The molecule has 0 N–H and O–H groups in total. The van der Waals surface area contributed by atoms with Gasteiger partial charge in [-0.15, -0.1) is 0 Å². The Kier molecular flexibility index (Phi) is 5.14. The fourth-order valence-corrected chi connectivity index (χ4v) is 2.51. The van der Waals surface area contributed by atoms with Crippen LogP contribution in [0.3, 0.4) is 0 Å². The molecule has 0 saturated carbocycles. The van der Waals surface area contributed by atoms with E-state index in [0.717, 1.165) is 11.3 Å². The van der Waals surface area contributed by atoms with E-state index in [9.17, 15) is 4.79 Å². The molecule has 0 aliphatic heterocycles. The molecule has 0 amide bonds. The fourth-order valence-electron chi connectivity index (χ4n) is 2.28. The lowest BCUT2D eigenvalue weighted by Crippen LogP contribution is -2.25. The van der Waals surface area contributed by atoms with Crippen molar-refractivity contribution in [3.8, 4) is 17.2 Å². The van der Waals surface area contributed by atoms with Crippen LogP contribution in [0, 0.1) is 6.92 Å². The van der Waals surface area contributed by atoms with Gasteiger partial charge in [-0.2, -0.15) is 5.10 Å². The molecule has 3 aromatic rings. The molecule has 6 nitrogen and oxygen atoms in total. The molecule has 0 fully saturated rings. The van der Waals surface area contributed by atoms with Crippen molar-refractivity contribution < 1.29 is 9.47 Å². The van der Waals surface area contributed by atoms with Crippen molar-refractivity contribution in [2.45, 2.75) is 13.5 Å².